The predicted octanol–water partition coefficient (Wildman–Crippen LogP) is -0.196. The molecule has 1 aliphatic heterocycles. The Labute approximate surface area is 88.0 Å². The van der Waals surface area contributed by atoms with Crippen molar-refractivity contribution in [2.45, 2.75) is 6.42 Å². The molecule has 0 bridgehead atoms. The number of rotatable bonds is 4. The summed E-state index contributed by atoms with van der Waals surface area (Å²) in [6.45, 7) is 1.54. The van der Waals surface area contributed by atoms with E-state index in [-0.39, 0.29) is 12.2 Å². The van der Waals surface area contributed by atoms with Gasteiger partial charge in [0.05, 0.1) is 19.0 Å². The highest BCUT2D eigenvalue weighted by Gasteiger charge is 2.24. The van der Waals surface area contributed by atoms with Crippen LogP contribution in [0.4, 0.5) is 0 Å². The Bertz CT molecular complexity index is 297. The fraction of sp³-hybridized carbons (Fsp3) is 0.857. The molecule has 0 atom stereocenters. The predicted molar refractivity (Wildman–Crippen MR) is 51.7 cm³/mol. The molecule has 7 heteroatoms. The molecule has 0 amide bonds. The summed E-state index contributed by atoms with van der Waals surface area (Å²) >= 11 is 5.08. The van der Waals surface area contributed by atoms with Gasteiger partial charge in [0, 0.05) is 19.5 Å². The van der Waals surface area contributed by atoms with Gasteiger partial charge in [0.2, 0.25) is 15.3 Å². The highest BCUT2D eigenvalue weighted by Crippen LogP contribution is 2.07. The van der Waals surface area contributed by atoms with Crippen molar-refractivity contribution in [3.8, 4) is 0 Å². The summed E-state index contributed by atoms with van der Waals surface area (Å²) in [5, 5.41) is -0.623. The lowest BCUT2D eigenvalue weighted by atomic mass is 10.5. The van der Waals surface area contributed by atoms with Crippen LogP contribution in [0.15, 0.2) is 0 Å². The Morgan fingerprint density at radius 1 is 1.36 bits per heavy atom. The first-order valence-corrected chi connectivity index (χ1v) is 6.25. The van der Waals surface area contributed by atoms with Crippen LogP contribution in [0.2, 0.25) is 0 Å². The number of morpholine rings is 1. The monoisotopic (exact) mass is 241 g/mol. The molecular formula is C7H12ClNO4S. The lowest BCUT2D eigenvalue weighted by molar-refractivity contribution is -0.111. The first-order chi connectivity index (χ1) is 6.52. The molecule has 5 nitrogen and oxygen atoms in total. The number of ether oxygens (including phenoxy) is 1. The van der Waals surface area contributed by atoms with E-state index in [1.165, 1.54) is 4.31 Å². The van der Waals surface area contributed by atoms with E-state index >= 15 is 0 Å². The topological polar surface area (TPSA) is 63.7 Å². The van der Waals surface area contributed by atoms with Crippen LogP contribution in [0.5, 0.6) is 0 Å². The molecule has 1 saturated heterocycles. The molecule has 0 aliphatic carbocycles. The number of carbonyl (C=O) groups is 1. The van der Waals surface area contributed by atoms with Gasteiger partial charge in [-0.3, -0.25) is 4.79 Å². The largest absolute Gasteiger partial charge is 0.379 e. The van der Waals surface area contributed by atoms with Crippen LogP contribution in [-0.4, -0.2) is 50.0 Å². The maximum atomic E-state index is 11.5. The van der Waals surface area contributed by atoms with E-state index in [4.69, 9.17) is 16.3 Å². The SMILES string of the molecule is O=C(Cl)CCS(=O)(=O)N1CCOCC1. The second kappa shape index (κ2) is 5.06. The molecule has 1 rings (SSSR count). The summed E-state index contributed by atoms with van der Waals surface area (Å²) < 4.78 is 29.5. The van der Waals surface area contributed by atoms with Gasteiger partial charge < -0.3 is 4.74 Å². The molecule has 82 valence electrons. The molecule has 0 unspecified atom stereocenters. The fourth-order valence-corrected chi connectivity index (χ4v) is 2.78. The van der Waals surface area contributed by atoms with Crippen LogP contribution < -0.4 is 0 Å². The number of sulfonamides is 1. The zero-order chi connectivity index (χ0) is 10.6. The molecule has 14 heavy (non-hydrogen) atoms. The van der Waals surface area contributed by atoms with E-state index in [1.54, 1.807) is 0 Å². The Hall–Kier alpha value is -0.170. The summed E-state index contributed by atoms with van der Waals surface area (Å²) in [6.07, 6.45) is -0.138. The molecule has 0 saturated carbocycles. The second-order valence-electron chi connectivity index (χ2n) is 2.93. The van der Waals surface area contributed by atoms with Crippen LogP contribution in [0, 0.1) is 0 Å². The molecule has 0 aromatic heterocycles. The molecule has 0 spiro atoms. The van der Waals surface area contributed by atoms with Crippen molar-refractivity contribution in [2.24, 2.45) is 0 Å². The number of halogens is 1. The Morgan fingerprint density at radius 2 is 1.93 bits per heavy atom. The highest BCUT2D eigenvalue weighted by atomic mass is 35.5. The van der Waals surface area contributed by atoms with Gasteiger partial charge in [-0.05, 0) is 11.6 Å². The van der Waals surface area contributed by atoms with Gasteiger partial charge in [-0.25, -0.2) is 8.42 Å². The van der Waals surface area contributed by atoms with E-state index < -0.39 is 15.3 Å². The van der Waals surface area contributed by atoms with Gasteiger partial charge >= 0.3 is 0 Å². The van der Waals surface area contributed by atoms with Crippen LogP contribution in [0.25, 0.3) is 0 Å². The van der Waals surface area contributed by atoms with Gasteiger partial charge in [0.15, 0.2) is 0 Å². The van der Waals surface area contributed by atoms with Crippen molar-refractivity contribution in [2.75, 3.05) is 32.1 Å². The maximum absolute atomic E-state index is 11.5. The van der Waals surface area contributed by atoms with Gasteiger partial charge in [0.25, 0.3) is 0 Å². The lowest BCUT2D eigenvalue weighted by Crippen LogP contribution is -2.41. The van der Waals surface area contributed by atoms with E-state index in [0.29, 0.717) is 26.3 Å². The zero-order valence-corrected chi connectivity index (χ0v) is 9.18. The third-order valence-corrected chi connectivity index (χ3v) is 3.98. The number of hydrogen-bond donors (Lipinski definition) is 0. The third kappa shape index (κ3) is 3.53. The van der Waals surface area contributed by atoms with E-state index in [2.05, 4.69) is 0 Å². The summed E-state index contributed by atoms with van der Waals surface area (Å²) in [6, 6.07) is 0. The first-order valence-electron chi connectivity index (χ1n) is 4.26. The van der Waals surface area contributed by atoms with Crippen molar-refractivity contribution in [1.29, 1.82) is 0 Å². The molecular weight excluding hydrogens is 230 g/mol. The molecule has 0 N–H and O–H groups in total. The molecule has 1 aliphatic rings. The molecule has 0 aromatic rings. The highest BCUT2D eigenvalue weighted by molar-refractivity contribution is 7.89. The number of nitrogens with zero attached hydrogens (tertiary/aromatic N) is 1. The molecule has 1 fully saturated rings. The average molecular weight is 242 g/mol. The molecule has 1 heterocycles. The quantitative estimate of drug-likeness (QED) is 0.640. The van der Waals surface area contributed by atoms with Crippen molar-refractivity contribution in [3.63, 3.8) is 0 Å². The van der Waals surface area contributed by atoms with Crippen molar-refractivity contribution in [3.05, 3.63) is 0 Å². The Kier molecular flexibility index (Phi) is 4.31. The van der Waals surface area contributed by atoms with Crippen molar-refractivity contribution in [1.82, 2.24) is 4.31 Å². The van der Waals surface area contributed by atoms with Crippen LogP contribution in [0.3, 0.4) is 0 Å². The van der Waals surface area contributed by atoms with Crippen LogP contribution >= 0.6 is 11.6 Å². The fourth-order valence-electron chi connectivity index (χ4n) is 1.16. The molecule has 0 radical (unpaired) electrons. The minimum atomic E-state index is -3.33. The van der Waals surface area contributed by atoms with Gasteiger partial charge in [-0.2, -0.15) is 4.31 Å². The maximum Gasteiger partial charge on any atom is 0.222 e. The number of hydrogen-bond acceptors (Lipinski definition) is 4. The van der Waals surface area contributed by atoms with Crippen molar-refractivity contribution < 1.29 is 17.9 Å². The van der Waals surface area contributed by atoms with E-state index in [9.17, 15) is 13.2 Å². The number of carbonyl (C=O) groups excluding carboxylic acids is 1. The van der Waals surface area contributed by atoms with Gasteiger partial charge in [0.1, 0.15) is 0 Å². The lowest BCUT2D eigenvalue weighted by Gasteiger charge is -2.25. The Morgan fingerprint density at radius 3 is 2.43 bits per heavy atom. The molecule has 0 aromatic carbocycles. The van der Waals surface area contributed by atoms with E-state index in [1.807, 2.05) is 0 Å². The van der Waals surface area contributed by atoms with Crippen LogP contribution in [-0.2, 0) is 19.6 Å². The summed E-state index contributed by atoms with van der Waals surface area (Å²) in [7, 11) is -3.33. The normalized spacial score (nSPS) is 19.5. The second-order valence-corrected chi connectivity index (χ2v) is 5.44. The van der Waals surface area contributed by atoms with Crippen molar-refractivity contribution >= 4 is 26.9 Å². The third-order valence-electron chi connectivity index (χ3n) is 1.92. The standard InChI is InChI=1S/C7H12ClNO4S/c8-7(10)1-6-14(11,12)9-2-4-13-5-3-9/h1-6H2. The van der Waals surface area contributed by atoms with Gasteiger partial charge in [-0.1, -0.05) is 0 Å². The minimum Gasteiger partial charge on any atom is -0.379 e. The summed E-state index contributed by atoms with van der Waals surface area (Å²) in [5.74, 6) is -0.213. The van der Waals surface area contributed by atoms with Gasteiger partial charge in [-0.15, -0.1) is 0 Å². The first kappa shape index (κ1) is 11.9. The Balaban J connectivity index is 2.50. The van der Waals surface area contributed by atoms with E-state index in [0.717, 1.165) is 0 Å². The smallest absolute Gasteiger partial charge is 0.222 e. The zero-order valence-electron chi connectivity index (χ0n) is 7.61. The average Bonchev–Trinajstić information content (AvgIpc) is 2.16. The minimum absolute atomic E-state index is 0.138. The summed E-state index contributed by atoms with van der Waals surface area (Å²) in [4.78, 5) is 10.4. The van der Waals surface area contributed by atoms with Crippen LogP contribution in [0.1, 0.15) is 6.42 Å². The summed E-state index contributed by atoms with van der Waals surface area (Å²) in [5.41, 5.74) is 0.